The van der Waals surface area contributed by atoms with Crippen molar-refractivity contribution >= 4 is 12.2 Å². The Bertz CT molecular complexity index is 512. The van der Waals surface area contributed by atoms with Gasteiger partial charge in [-0.3, -0.25) is 4.90 Å². The number of benzene rings is 1. The van der Waals surface area contributed by atoms with Gasteiger partial charge in [-0.1, -0.05) is 24.3 Å². The summed E-state index contributed by atoms with van der Waals surface area (Å²) in [6, 6.07) is 8.16. The third kappa shape index (κ3) is 3.37. The van der Waals surface area contributed by atoms with Crippen LogP contribution in [0.1, 0.15) is 38.3 Å². The van der Waals surface area contributed by atoms with E-state index >= 15 is 0 Å². The minimum atomic E-state index is -0.444. The molecule has 1 aromatic carbocycles. The smallest absolute Gasteiger partial charge is 0.414 e. The number of carbonyl (C=O) groups is 1. The fourth-order valence-electron chi connectivity index (χ4n) is 1.96. The summed E-state index contributed by atoms with van der Waals surface area (Å²) in [7, 11) is 0. The highest BCUT2D eigenvalue weighted by molar-refractivity contribution is 5.74. The van der Waals surface area contributed by atoms with Crippen LogP contribution in [-0.4, -0.2) is 23.1 Å². The Morgan fingerprint density at radius 1 is 1.32 bits per heavy atom. The quantitative estimate of drug-likeness (QED) is 0.763. The number of likely N-dealkylation sites (tertiary alicyclic amines) is 1. The average Bonchev–Trinajstić information content (AvgIpc) is 2.23. The molecule has 19 heavy (non-hydrogen) atoms. The zero-order valence-electron chi connectivity index (χ0n) is 12.1. The second-order valence-electron chi connectivity index (χ2n) is 5.87. The van der Waals surface area contributed by atoms with Crippen LogP contribution in [0.25, 0.3) is 6.08 Å². The van der Waals surface area contributed by atoms with Crippen LogP contribution in [-0.2, 0) is 4.74 Å². The van der Waals surface area contributed by atoms with Crippen molar-refractivity contribution in [2.45, 2.75) is 39.7 Å². The number of hydrogen-bond acceptors (Lipinski definition) is 2. The summed E-state index contributed by atoms with van der Waals surface area (Å²) in [5.41, 5.74) is 2.96. The number of aryl methyl sites for hydroxylation is 1. The van der Waals surface area contributed by atoms with Gasteiger partial charge in [0, 0.05) is 18.7 Å². The number of amides is 1. The fraction of sp³-hybridized carbons (Fsp3) is 0.438. The van der Waals surface area contributed by atoms with Crippen LogP contribution in [0.4, 0.5) is 4.79 Å². The van der Waals surface area contributed by atoms with E-state index in [9.17, 15) is 4.79 Å². The largest absolute Gasteiger partial charge is 0.443 e. The lowest BCUT2D eigenvalue weighted by molar-refractivity contribution is 0.0239. The second kappa shape index (κ2) is 5.08. The van der Waals surface area contributed by atoms with Gasteiger partial charge in [0.25, 0.3) is 0 Å². The lowest BCUT2D eigenvalue weighted by Gasteiger charge is -2.36. The first-order chi connectivity index (χ1) is 8.87. The van der Waals surface area contributed by atoms with Crippen molar-refractivity contribution in [2.24, 2.45) is 0 Å². The molecule has 102 valence electrons. The molecule has 0 atom stereocenters. The van der Waals surface area contributed by atoms with E-state index in [4.69, 9.17) is 4.74 Å². The van der Waals surface area contributed by atoms with E-state index in [1.807, 2.05) is 32.9 Å². The predicted molar refractivity (Wildman–Crippen MR) is 76.7 cm³/mol. The van der Waals surface area contributed by atoms with Gasteiger partial charge in [0.15, 0.2) is 0 Å². The summed E-state index contributed by atoms with van der Waals surface area (Å²) in [5.74, 6) is 0. The molecule has 3 heteroatoms. The van der Waals surface area contributed by atoms with E-state index in [0.717, 1.165) is 24.2 Å². The van der Waals surface area contributed by atoms with E-state index in [-0.39, 0.29) is 6.09 Å². The Morgan fingerprint density at radius 3 is 2.53 bits per heavy atom. The van der Waals surface area contributed by atoms with Crippen LogP contribution in [0.2, 0.25) is 0 Å². The third-order valence-corrected chi connectivity index (χ3v) is 3.06. The molecule has 0 aliphatic carbocycles. The zero-order chi connectivity index (χ0) is 14.0. The van der Waals surface area contributed by atoms with Gasteiger partial charge >= 0.3 is 6.09 Å². The van der Waals surface area contributed by atoms with Crippen molar-refractivity contribution in [1.82, 2.24) is 4.90 Å². The molecular weight excluding hydrogens is 238 g/mol. The number of rotatable bonds is 1. The van der Waals surface area contributed by atoms with Crippen molar-refractivity contribution in [3.8, 4) is 0 Å². The minimum Gasteiger partial charge on any atom is -0.443 e. The highest BCUT2D eigenvalue weighted by atomic mass is 16.6. The van der Waals surface area contributed by atoms with Gasteiger partial charge in [0.1, 0.15) is 5.60 Å². The molecule has 0 spiro atoms. The Balaban J connectivity index is 2.11. The molecule has 1 aliphatic heterocycles. The summed E-state index contributed by atoms with van der Waals surface area (Å²) in [6.07, 6.45) is 2.75. The Kier molecular flexibility index (Phi) is 3.65. The van der Waals surface area contributed by atoms with Gasteiger partial charge in [0.05, 0.1) is 0 Å². The molecule has 1 aromatic rings. The summed E-state index contributed by atoms with van der Waals surface area (Å²) >= 11 is 0. The fourth-order valence-corrected chi connectivity index (χ4v) is 1.96. The van der Waals surface area contributed by atoms with E-state index < -0.39 is 5.60 Å². The maximum Gasteiger partial charge on any atom is 0.414 e. The van der Waals surface area contributed by atoms with Gasteiger partial charge in [-0.25, -0.2) is 4.79 Å². The van der Waals surface area contributed by atoms with Crippen LogP contribution < -0.4 is 0 Å². The van der Waals surface area contributed by atoms with E-state index in [1.54, 1.807) is 4.90 Å². The monoisotopic (exact) mass is 259 g/mol. The van der Waals surface area contributed by atoms with Crippen LogP contribution in [0, 0.1) is 6.92 Å². The Labute approximate surface area is 114 Å². The van der Waals surface area contributed by atoms with Crippen molar-refractivity contribution in [3.05, 3.63) is 41.1 Å². The Morgan fingerprint density at radius 2 is 2.00 bits per heavy atom. The van der Waals surface area contributed by atoms with Crippen molar-refractivity contribution in [3.63, 3.8) is 0 Å². The van der Waals surface area contributed by atoms with E-state index in [2.05, 4.69) is 25.1 Å². The first kappa shape index (κ1) is 13.7. The highest BCUT2D eigenvalue weighted by Crippen LogP contribution is 2.27. The van der Waals surface area contributed by atoms with Crippen LogP contribution in [0.15, 0.2) is 30.0 Å². The van der Waals surface area contributed by atoms with Crippen LogP contribution in [0.3, 0.4) is 0 Å². The SMILES string of the molecule is Cc1ccccc1/C=C1\CCN1C(=O)OC(C)(C)C. The predicted octanol–water partition coefficient (Wildman–Crippen LogP) is 3.98. The number of carbonyl (C=O) groups excluding carboxylic acids is 1. The number of hydrogen-bond donors (Lipinski definition) is 0. The summed E-state index contributed by atoms with van der Waals surface area (Å²) in [5, 5.41) is 0. The first-order valence-corrected chi connectivity index (χ1v) is 6.63. The lowest BCUT2D eigenvalue weighted by atomic mass is 10.0. The molecule has 1 heterocycles. The molecular formula is C16H21NO2. The maximum atomic E-state index is 12.0. The Hall–Kier alpha value is -1.77. The van der Waals surface area contributed by atoms with Crippen molar-refractivity contribution in [1.29, 1.82) is 0 Å². The summed E-state index contributed by atoms with van der Waals surface area (Å²) < 4.78 is 5.39. The topological polar surface area (TPSA) is 29.5 Å². The zero-order valence-corrected chi connectivity index (χ0v) is 12.1. The van der Waals surface area contributed by atoms with Gasteiger partial charge in [-0.05, 0) is 44.9 Å². The molecule has 0 aromatic heterocycles. The van der Waals surface area contributed by atoms with Crippen LogP contribution in [0.5, 0.6) is 0 Å². The second-order valence-corrected chi connectivity index (χ2v) is 5.87. The first-order valence-electron chi connectivity index (χ1n) is 6.63. The molecule has 0 saturated carbocycles. The number of ether oxygens (including phenoxy) is 1. The molecule has 0 radical (unpaired) electrons. The maximum absolute atomic E-state index is 12.0. The molecule has 1 saturated heterocycles. The molecule has 1 fully saturated rings. The molecule has 0 bridgehead atoms. The summed E-state index contributed by atoms with van der Waals surface area (Å²) in [6.45, 7) is 8.47. The molecule has 2 rings (SSSR count). The lowest BCUT2D eigenvalue weighted by Crippen LogP contribution is -2.43. The van der Waals surface area contributed by atoms with E-state index in [1.165, 1.54) is 5.56 Å². The van der Waals surface area contributed by atoms with Gasteiger partial charge in [0.2, 0.25) is 0 Å². The standard InChI is InChI=1S/C16H21NO2/c1-12-7-5-6-8-13(12)11-14-9-10-17(14)15(18)19-16(2,3)4/h5-8,11H,9-10H2,1-4H3/b14-11+. The molecule has 1 amide bonds. The number of nitrogens with zero attached hydrogens (tertiary/aromatic N) is 1. The van der Waals surface area contributed by atoms with Crippen molar-refractivity contribution < 1.29 is 9.53 Å². The van der Waals surface area contributed by atoms with E-state index in [0.29, 0.717) is 0 Å². The average molecular weight is 259 g/mol. The molecule has 0 unspecified atom stereocenters. The highest BCUT2D eigenvalue weighted by Gasteiger charge is 2.30. The van der Waals surface area contributed by atoms with Crippen LogP contribution >= 0.6 is 0 Å². The molecule has 0 N–H and O–H groups in total. The normalized spacial score (nSPS) is 17.3. The molecule has 3 nitrogen and oxygen atoms in total. The van der Waals surface area contributed by atoms with Crippen molar-refractivity contribution in [2.75, 3.05) is 6.54 Å². The minimum absolute atomic E-state index is 0.251. The van der Waals surface area contributed by atoms with Gasteiger partial charge in [-0.15, -0.1) is 0 Å². The summed E-state index contributed by atoms with van der Waals surface area (Å²) in [4.78, 5) is 13.7. The molecule has 1 aliphatic rings. The third-order valence-electron chi connectivity index (χ3n) is 3.06. The van der Waals surface area contributed by atoms with Gasteiger partial charge in [-0.2, -0.15) is 0 Å². The van der Waals surface area contributed by atoms with Gasteiger partial charge < -0.3 is 4.74 Å².